The van der Waals surface area contributed by atoms with Crippen molar-refractivity contribution in [3.05, 3.63) is 35.6 Å². The van der Waals surface area contributed by atoms with Gasteiger partial charge in [0.2, 0.25) is 0 Å². The third-order valence-electron chi connectivity index (χ3n) is 5.02. The van der Waals surface area contributed by atoms with Gasteiger partial charge in [0.05, 0.1) is 0 Å². The number of likely N-dealkylation sites (tertiary alicyclic amines) is 2. The molecule has 4 heteroatoms. The minimum Gasteiger partial charge on any atom is -0.329 e. The van der Waals surface area contributed by atoms with Crippen molar-refractivity contribution in [1.29, 1.82) is 0 Å². The van der Waals surface area contributed by atoms with Crippen molar-refractivity contribution >= 4 is 0 Å². The molecule has 1 aromatic carbocycles. The average molecular weight is 291 g/mol. The van der Waals surface area contributed by atoms with E-state index in [9.17, 15) is 4.39 Å². The lowest BCUT2D eigenvalue weighted by Crippen LogP contribution is -2.42. The van der Waals surface area contributed by atoms with Gasteiger partial charge in [-0.1, -0.05) is 18.6 Å². The van der Waals surface area contributed by atoms with Crippen LogP contribution in [0, 0.1) is 5.82 Å². The molecular formula is C17H26FN3. The quantitative estimate of drug-likeness (QED) is 0.924. The normalized spacial score (nSPS) is 26.1. The van der Waals surface area contributed by atoms with Crippen LogP contribution in [0.15, 0.2) is 24.3 Å². The molecule has 0 bridgehead atoms. The van der Waals surface area contributed by atoms with Crippen molar-refractivity contribution in [2.75, 3.05) is 32.7 Å². The summed E-state index contributed by atoms with van der Waals surface area (Å²) in [6.45, 7) is 5.29. The second-order valence-corrected chi connectivity index (χ2v) is 6.34. The second-order valence-electron chi connectivity index (χ2n) is 6.34. The summed E-state index contributed by atoms with van der Waals surface area (Å²) in [4.78, 5) is 5.13. The molecule has 2 aliphatic rings. The molecule has 21 heavy (non-hydrogen) atoms. The zero-order chi connectivity index (χ0) is 14.7. The highest BCUT2D eigenvalue weighted by Crippen LogP contribution is 2.27. The number of benzene rings is 1. The Balaban J connectivity index is 1.64. The van der Waals surface area contributed by atoms with E-state index in [1.165, 1.54) is 50.9 Å². The lowest BCUT2D eigenvalue weighted by atomic mass is 10.1. The predicted octanol–water partition coefficient (Wildman–Crippen LogP) is 2.39. The lowest BCUT2D eigenvalue weighted by molar-refractivity contribution is 0.153. The molecule has 2 N–H and O–H groups in total. The number of hydrogen-bond donors (Lipinski definition) is 1. The van der Waals surface area contributed by atoms with E-state index in [0.717, 1.165) is 18.7 Å². The standard InChI is InChI=1S/C17H26FN3/c18-15-6-4-14(5-7-15)17(12-19)21-11-8-16(13-21)20-9-2-1-3-10-20/h4-7,16-17H,1-3,8-13,19H2. The minimum atomic E-state index is -0.179. The van der Waals surface area contributed by atoms with E-state index in [4.69, 9.17) is 5.73 Å². The molecule has 0 amide bonds. The Morgan fingerprint density at radius 1 is 1.10 bits per heavy atom. The first kappa shape index (κ1) is 14.9. The van der Waals surface area contributed by atoms with E-state index in [0.29, 0.717) is 12.6 Å². The highest BCUT2D eigenvalue weighted by atomic mass is 19.1. The molecule has 2 saturated heterocycles. The van der Waals surface area contributed by atoms with Crippen LogP contribution < -0.4 is 5.73 Å². The molecule has 3 nitrogen and oxygen atoms in total. The molecule has 2 aliphatic heterocycles. The smallest absolute Gasteiger partial charge is 0.123 e. The van der Waals surface area contributed by atoms with E-state index >= 15 is 0 Å². The summed E-state index contributed by atoms with van der Waals surface area (Å²) < 4.78 is 13.1. The van der Waals surface area contributed by atoms with Crippen molar-refractivity contribution in [2.45, 2.75) is 37.8 Å². The fourth-order valence-corrected chi connectivity index (χ4v) is 3.81. The van der Waals surface area contributed by atoms with Gasteiger partial charge in [-0.15, -0.1) is 0 Å². The largest absolute Gasteiger partial charge is 0.329 e. The van der Waals surface area contributed by atoms with Gasteiger partial charge < -0.3 is 5.73 Å². The Kier molecular flexibility index (Phi) is 4.88. The van der Waals surface area contributed by atoms with Gasteiger partial charge in [-0.2, -0.15) is 0 Å². The summed E-state index contributed by atoms with van der Waals surface area (Å²) in [5.41, 5.74) is 7.13. The van der Waals surface area contributed by atoms with Crippen molar-refractivity contribution < 1.29 is 4.39 Å². The zero-order valence-electron chi connectivity index (χ0n) is 12.7. The molecule has 0 saturated carbocycles. The highest BCUT2D eigenvalue weighted by molar-refractivity contribution is 5.21. The third-order valence-corrected chi connectivity index (χ3v) is 5.02. The van der Waals surface area contributed by atoms with E-state index in [2.05, 4.69) is 9.80 Å². The van der Waals surface area contributed by atoms with Gasteiger partial charge >= 0.3 is 0 Å². The number of piperidine rings is 1. The average Bonchev–Trinajstić information content (AvgIpc) is 3.00. The van der Waals surface area contributed by atoms with Gasteiger partial charge in [0.15, 0.2) is 0 Å². The van der Waals surface area contributed by atoms with Crippen molar-refractivity contribution in [3.63, 3.8) is 0 Å². The van der Waals surface area contributed by atoms with Crippen molar-refractivity contribution in [2.24, 2.45) is 5.73 Å². The fraction of sp³-hybridized carbons (Fsp3) is 0.647. The molecule has 2 atom stereocenters. The van der Waals surface area contributed by atoms with Crippen LogP contribution in [-0.2, 0) is 0 Å². The molecular weight excluding hydrogens is 265 g/mol. The van der Waals surface area contributed by atoms with Crippen LogP contribution in [0.2, 0.25) is 0 Å². The highest BCUT2D eigenvalue weighted by Gasteiger charge is 2.32. The molecule has 1 aromatic rings. The Bertz CT molecular complexity index is 442. The molecule has 2 fully saturated rings. The Morgan fingerprint density at radius 3 is 2.48 bits per heavy atom. The first-order valence-corrected chi connectivity index (χ1v) is 8.21. The first-order chi connectivity index (χ1) is 10.3. The summed E-state index contributed by atoms with van der Waals surface area (Å²) in [6, 6.07) is 7.73. The van der Waals surface area contributed by atoms with Gasteiger partial charge in [-0.05, 0) is 50.0 Å². The van der Waals surface area contributed by atoms with Gasteiger partial charge in [-0.3, -0.25) is 9.80 Å². The molecule has 0 radical (unpaired) electrons. The van der Waals surface area contributed by atoms with E-state index in [-0.39, 0.29) is 11.9 Å². The monoisotopic (exact) mass is 291 g/mol. The minimum absolute atomic E-state index is 0.179. The molecule has 116 valence electrons. The summed E-state index contributed by atoms with van der Waals surface area (Å²) in [6.07, 6.45) is 5.30. The van der Waals surface area contributed by atoms with Gasteiger partial charge in [0.1, 0.15) is 5.82 Å². The first-order valence-electron chi connectivity index (χ1n) is 8.21. The van der Waals surface area contributed by atoms with Gasteiger partial charge in [0.25, 0.3) is 0 Å². The molecule has 2 heterocycles. The number of nitrogens with zero attached hydrogens (tertiary/aromatic N) is 2. The van der Waals surface area contributed by atoms with Crippen LogP contribution in [0.25, 0.3) is 0 Å². The summed E-state index contributed by atoms with van der Waals surface area (Å²) in [5.74, 6) is -0.179. The van der Waals surface area contributed by atoms with Crippen LogP contribution in [0.3, 0.4) is 0 Å². The topological polar surface area (TPSA) is 32.5 Å². The van der Waals surface area contributed by atoms with E-state index in [1.54, 1.807) is 0 Å². The number of rotatable bonds is 4. The van der Waals surface area contributed by atoms with Gasteiger partial charge in [0, 0.05) is 31.7 Å². The molecule has 0 spiro atoms. The fourth-order valence-electron chi connectivity index (χ4n) is 3.81. The molecule has 0 aromatic heterocycles. The summed E-state index contributed by atoms with van der Waals surface area (Å²) in [7, 11) is 0. The van der Waals surface area contributed by atoms with Crippen molar-refractivity contribution in [3.8, 4) is 0 Å². The van der Waals surface area contributed by atoms with Gasteiger partial charge in [-0.25, -0.2) is 4.39 Å². The van der Waals surface area contributed by atoms with Crippen LogP contribution in [0.4, 0.5) is 4.39 Å². The SMILES string of the molecule is NCC(c1ccc(F)cc1)N1CCC(N2CCCCC2)C1. The van der Waals surface area contributed by atoms with Crippen LogP contribution >= 0.6 is 0 Å². The number of hydrogen-bond acceptors (Lipinski definition) is 3. The van der Waals surface area contributed by atoms with E-state index in [1.807, 2.05) is 12.1 Å². The third kappa shape index (κ3) is 3.44. The maximum Gasteiger partial charge on any atom is 0.123 e. The number of nitrogens with two attached hydrogens (primary N) is 1. The van der Waals surface area contributed by atoms with Crippen LogP contribution in [-0.4, -0.2) is 48.6 Å². The van der Waals surface area contributed by atoms with E-state index < -0.39 is 0 Å². The van der Waals surface area contributed by atoms with Crippen LogP contribution in [0.5, 0.6) is 0 Å². The van der Waals surface area contributed by atoms with Crippen LogP contribution in [0.1, 0.15) is 37.3 Å². The maximum atomic E-state index is 13.1. The molecule has 2 unspecified atom stereocenters. The second kappa shape index (κ2) is 6.86. The Morgan fingerprint density at radius 2 is 1.81 bits per heavy atom. The number of halogens is 1. The molecule has 3 rings (SSSR count). The molecule has 0 aliphatic carbocycles. The predicted molar refractivity (Wildman–Crippen MR) is 83.6 cm³/mol. The zero-order valence-corrected chi connectivity index (χ0v) is 12.7. The van der Waals surface area contributed by atoms with Crippen molar-refractivity contribution in [1.82, 2.24) is 9.80 Å². The Hall–Kier alpha value is -0.970. The summed E-state index contributed by atoms with van der Waals surface area (Å²) >= 11 is 0. The Labute approximate surface area is 126 Å². The summed E-state index contributed by atoms with van der Waals surface area (Å²) in [5, 5.41) is 0. The maximum absolute atomic E-state index is 13.1. The lowest BCUT2D eigenvalue weighted by Gasteiger charge is -2.33.